The molecule has 2 aromatic carbocycles. The van der Waals surface area contributed by atoms with E-state index in [9.17, 15) is 18.0 Å². The van der Waals surface area contributed by atoms with Crippen LogP contribution in [0.3, 0.4) is 0 Å². The first-order valence-electron chi connectivity index (χ1n) is 7.84. The van der Waals surface area contributed by atoms with Crippen LogP contribution in [0.25, 0.3) is 17.4 Å². The highest BCUT2D eigenvalue weighted by Gasteiger charge is 2.34. The van der Waals surface area contributed by atoms with Gasteiger partial charge in [0.1, 0.15) is 11.5 Å². The Hall–Kier alpha value is -2.99. The van der Waals surface area contributed by atoms with Gasteiger partial charge in [-0.15, -0.1) is 0 Å². The molecular weight excluding hydrogens is 379 g/mol. The van der Waals surface area contributed by atoms with Crippen LogP contribution in [0.2, 0.25) is 5.02 Å². The molecule has 3 nitrogen and oxygen atoms in total. The van der Waals surface area contributed by atoms with Crippen LogP contribution in [0.15, 0.2) is 71.2 Å². The second kappa shape index (κ2) is 7.72. The van der Waals surface area contributed by atoms with E-state index in [2.05, 4.69) is 5.32 Å². The number of rotatable bonds is 4. The van der Waals surface area contributed by atoms with Crippen LogP contribution in [0, 0.1) is 0 Å². The Labute approximate surface area is 158 Å². The number of benzene rings is 2. The van der Waals surface area contributed by atoms with Gasteiger partial charge in [0.05, 0.1) is 16.3 Å². The maximum Gasteiger partial charge on any atom is 0.417 e. The number of hydrogen-bond donors (Lipinski definition) is 1. The number of carbonyl (C=O) groups excluding carboxylic acids is 1. The quantitative estimate of drug-likeness (QED) is 0.532. The number of carbonyl (C=O) groups is 1. The predicted octanol–water partition coefficient (Wildman–Crippen LogP) is 6.27. The van der Waals surface area contributed by atoms with Crippen LogP contribution in [-0.2, 0) is 11.0 Å². The lowest BCUT2D eigenvalue weighted by atomic mass is 10.1. The molecule has 0 aliphatic carbocycles. The largest absolute Gasteiger partial charge is 0.457 e. The van der Waals surface area contributed by atoms with Crippen LogP contribution in [0.5, 0.6) is 0 Å². The van der Waals surface area contributed by atoms with Gasteiger partial charge < -0.3 is 9.73 Å². The zero-order chi connectivity index (χ0) is 19.4. The van der Waals surface area contributed by atoms with Gasteiger partial charge in [-0.25, -0.2) is 0 Å². The second-order valence-corrected chi connectivity index (χ2v) is 5.95. The molecule has 0 fully saturated rings. The Morgan fingerprint density at radius 2 is 1.70 bits per heavy atom. The molecule has 0 atom stereocenters. The molecule has 1 heterocycles. The van der Waals surface area contributed by atoms with E-state index in [1.54, 1.807) is 24.3 Å². The Bertz CT molecular complexity index is 993. The minimum atomic E-state index is -4.49. The number of alkyl halides is 3. The lowest BCUT2D eigenvalue weighted by molar-refractivity contribution is -0.137. The van der Waals surface area contributed by atoms with E-state index in [4.69, 9.17) is 16.0 Å². The van der Waals surface area contributed by atoms with Crippen molar-refractivity contribution in [1.29, 1.82) is 0 Å². The molecule has 0 radical (unpaired) electrons. The third-order valence-corrected chi connectivity index (χ3v) is 3.98. The third kappa shape index (κ3) is 4.60. The molecule has 1 amide bonds. The minimum Gasteiger partial charge on any atom is -0.457 e. The summed E-state index contributed by atoms with van der Waals surface area (Å²) < 4.78 is 44.8. The van der Waals surface area contributed by atoms with Crippen LogP contribution in [0.4, 0.5) is 18.9 Å². The fourth-order valence-electron chi connectivity index (χ4n) is 2.43. The van der Waals surface area contributed by atoms with Crippen molar-refractivity contribution in [2.75, 3.05) is 5.32 Å². The smallest absolute Gasteiger partial charge is 0.417 e. The summed E-state index contributed by atoms with van der Waals surface area (Å²) in [4.78, 5) is 12.0. The number of anilines is 1. The minimum absolute atomic E-state index is 0.0640. The van der Waals surface area contributed by atoms with E-state index in [1.807, 2.05) is 0 Å². The highest BCUT2D eigenvalue weighted by atomic mass is 35.5. The summed E-state index contributed by atoms with van der Waals surface area (Å²) in [7, 11) is 0. The zero-order valence-corrected chi connectivity index (χ0v) is 14.5. The van der Waals surface area contributed by atoms with E-state index in [0.29, 0.717) is 10.7 Å². The zero-order valence-electron chi connectivity index (χ0n) is 13.8. The topological polar surface area (TPSA) is 42.2 Å². The lowest BCUT2D eigenvalue weighted by Gasteiger charge is -2.10. The third-order valence-electron chi connectivity index (χ3n) is 3.66. The molecule has 0 saturated carbocycles. The van der Waals surface area contributed by atoms with Gasteiger partial charge in [-0.2, -0.15) is 13.2 Å². The van der Waals surface area contributed by atoms with Gasteiger partial charge in [0.25, 0.3) is 0 Å². The van der Waals surface area contributed by atoms with E-state index in [0.717, 1.165) is 6.07 Å². The normalized spacial score (nSPS) is 11.7. The van der Waals surface area contributed by atoms with Crippen molar-refractivity contribution < 1.29 is 22.4 Å². The van der Waals surface area contributed by atoms with Crippen molar-refractivity contribution in [2.45, 2.75) is 6.18 Å². The van der Waals surface area contributed by atoms with E-state index in [-0.39, 0.29) is 17.1 Å². The average molecular weight is 392 g/mol. The Balaban J connectivity index is 1.76. The molecule has 1 N–H and O–H groups in total. The Kier molecular flexibility index (Phi) is 5.37. The summed E-state index contributed by atoms with van der Waals surface area (Å²) in [6.45, 7) is 0. The van der Waals surface area contributed by atoms with Crippen LogP contribution < -0.4 is 5.32 Å². The van der Waals surface area contributed by atoms with Gasteiger partial charge in [0, 0.05) is 11.6 Å². The first-order chi connectivity index (χ1) is 12.8. The van der Waals surface area contributed by atoms with Crippen molar-refractivity contribution >= 4 is 29.3 Å². The van der Waals surface area contributed by atoms with E-state index < -0.39 is 17.6 Å². The molecule has 0 aliphatic heterocycles. The molecule has 138 valence electrons. The molecule has 0 unspecified atom stereocenters. The summed E-state index contributed by atoms with van der Waals surface area (Å²) in [6, 6.07) is 14.8. The number of para-hydroxylation sites is 1. The van der Waals surface area contributed by atoms with E-state index >= 15 is 0 Å². The first kappa shape index (κ1) is 18.8. The van der Waals surface area contributed by atoms with Gasteiger partial charge in [-0.3, -0.25) is 4.79 Å². The molecule has 7 heteroatoms. The summed E-state index contributed by atoms with van der Waals surface area (Å²) in [5, 5.41) is 2.99. The number of halogens is 4. The van der Waals surface area contributed by atoms with Crippen LogP contribution in [-0.4, -0.2) is 5.91 Å². The van der Waals surface area contributed by atoms with Crippen LogP contribution in [0.1, 0.15) is 11.3 Å². The summed E-state index contributed by atoms with van der Waals surface area (Å²) in [5.74, 6) is -0.137. The van der Waals surface area contributed by atoms with Gasteiger partial charge in [0.2, 0.25) is 5.91 Å². The van der Waals surface area contributed by atoms with Crippen molar-refractivity contribution in [1.82, 2.24) is 0 Å². The summed E-state index contributed by atoms with van der Waals surface area (Å²) in [6.07, 6.45) is -1.91. The lowest BCUT2D eigenvalue weighted by Crippen LogP contribution is -2.07. The SMILES string of the molecule is O=C(/C=C/c1ccc(-c2ccccc2C(F)(F)F)o1)Nc1ccccc1Cl. The summed E-state index contributed by atoms with van der Waals surface area (Å²) >= 11 is 5.96. The fourth-order valence-corrected chi connectivity index (χ4v) is 2.61. The number of nitrogens with one attached hydrogen (secondary N) is 1. The molecule has 0 saturated heterocycles. The molecule has 0 spiro atoms. The highest BCUT2D eigenvalue weighted by Crippen LogP contribution is 2.37. The predicted molar refractivity (Wildman–Crippen MR) is 98.3 cm³/mol. The molecule has 0 aliphatic rings. The highest BCUT2D eigenvalue weighted by molar-refractivity contribution is 6.33. The second-order valence-electron chi connectivity index (χ2n) is 5.55. The average Bonchev–Trinajstić information content (AvgIpc) is 3.10. The van der Waals surface area contributed by atoms with Crippen molar-refractivity contribution in [3.63, 3.8) is 0 Å². The van der Waals surface area contributed by atoms with Gasteiger partial charge >= 0.3 is 6.18 Å². The fraction of sp³-hybridized carbons (Fsp3) is 0.0500. The van der Waals surface area contributed by atoms with Crippen LogP contribution >= 0.6 is 11.6 Å². The molecule has 0 bridgehead atoms. The molecule has 3 rings (SSSR count). The maximum absolute atomic E-state index is 13.1. The Morgan fingerprint density at radius 1 is 1.00 bits per heavy atom. The van der Waals surface area contributed by atoms with Crippen molar-refractivity contribution in [3.8, 4) is 11.3 Å². The number of hydrogen-bond acceptors (Lipinski definition) is 2. The molecule has 1 aromatic heterocycles. The maximum atomic E-state index is 13.1. The monoisotopic (exact) mass is 391 g/mol. The molecule has 3 aromatic rings. The molecule has 27 heavy (non-hydrogen) atoms. The van der Waals surface area contributed by atoms with Crippen molar-refractivity contribution in [3.05, 3.63) is 83.1 Å². The van der Waals surface area contributed by atoms with Crippen molar-refractivity contribution in [2.24, 2.45) is 0 Å². The summed E-state index contributed by atoms with van der Waals surface area (Å²) in [5.41, 5.74) is -0.399. The standard InChI is InChI=1S/C20H13ClF3NO2/c21-16-7-3-4-8-17(16)25-19(26)12-10-13-9-11-18(27-13)14-5-1-2-6-15(14)20(22,23)24/h1-12H,(H,25,26)/b12-10+. The number of furan rings is 1. The molecular formula is C20H13ClF3NO2. The van der Waals surface area contributed by atoms with Gasteiger partial charge in [-0.1, -0.05) is 41.9 Å². The first-order valence-corrected chi connectivity index (χ1v) is 8.22. The Morgan fingerprint density at radius 3 is 2.44 bits per heavy atom. The van der Waals surface area contributed by atoms with Gasteiger partial charge in [-0.05, 0) is 36.4 Å². The number of amides is 1. The van der Waals surface area contributed by atoms with E-state index in [1.165, 1.54) is 42.5 Å². The van der Waals surface area contributed by atoms with Gasteiger partial charge in [0.15, 0.2) is 0 Å².